The summed E-state index contributed by atoms with van der Waals surface area (Å²) in [6.45, 7) is 0. The number of methoxy groups -OCH3 is 2. The minimum Gasteiger partial charge on any atom is -0.493 e. The fourth-order valence-corrected chi connectivity index (χ4v) is 3.19. The zero-order valence-corrected chi connectivity index (χ0v) is 14.2. The van der Waals surface area contributed by atoms with Gasteiger partial charge in [-0.05, 0) is 53.0 Å². The lowest BCUT2D eigenvalue weighted by atomic mass is 10.0. The van der Waals surface area contributed by atoms with E-state index in [2.05, 4.69) is 27.3 Å². The highest BCUT2D eigenvalue weighted by Gasteiger charge is 2.16. The Kier molecular flexibility index (Phi) is 3.98. The van der Waals surface area contributed by atoms with Gasteiger partial charge in [0.25, 0.3) is 0 Å². The van der Waals surface area contributed by atoms with E-state index in [1.54, 1.807) is 14.2 Å². The number of ether oxygens (including phenoxy) is 2. The number of rotatable bonds is 5. The Morgan fingerprint density at radius 2 is 1.96 bits per heavy atom. The predicted molar refractivity (Wildman–Crippen MR) is 96.8 cm³/mol. The second kappa shape index (κ2) is 6.43. The van der Waals surface area contributed by atoms with Crippen molar-refractivity contribution in [2.24, 2.45) is 0 Å². The fourth-order valence-electron chi connectivity index (χ4n) is 3.19. The van der Waals surface area contributed by atoms with E-state index >= 15 is 0 Å². The van der Waals surface area contributed by atoms with Crippen LogP contribution >= 0.6 is 0 Å². The SMILES string of the molecule is COc1ccc(Cc2cc3c(cn2)C=C(c2cn[nH]c2)C3)cc1OC. The van der Waals surface area contributed by atoms with Gasteiger partial charge in [-0.25, -0.2) is 0 Å². The van der Waals surface area contributed by atoms with Gasteiger partial charge in [0, 0.05) is 30.1 Å². The maximum absolute atomic E-state index is 5.38. The molecule has 0 saturated carbocycles. The third-order valence-corrected chi connectivity index (χ3v) is 4.49. The van der Waals surface area contributed by atoms with Crippen LogP contribution in [0.25, 0.3) is 11.6 Å². The van der Waals surface area contributed by atoms with Crippen molar-refractivity contribution in [2.45, 2.75) is 12.8 Å². The molecule has 2 heterocycles. The van der Waals surface area contributed by atoms with E-state index in [9.17, 15) is 0 Å². The molecule has 0 amide bonds. The van der Waals surface area contributed by atoms with E-state index in [1.165, 1.54) is 16.7 Å². The van der Waals surface area contributed by atoms with Crippen LogP contribution in [-0.2, 0) is 12.8 Å². The highest BCUT2D eigenvalue weighted by atomic mass is 16.5. The zero-order chi connectivity index (χ0) is 17.2. The molecule has 0 radical (unpaired) electrons. The molecule has 1 aromatic carbocycles. The summed E-state index contributed by atoms with van der Waals surface area (Å²) in [6.07, 6.45) is 9.60. The molecule has 5 heteroatoms. The maximum atomic E-state index is 5.38. The number of nitrogens with one attached hydrogen (secondary N) is 1. The van der Waals surface area contributed by atoms with E-state index in [0.29, 0.717) is 0 Å². The third-order valence-electron chi connectivity index (χ3n) is 4.49. The van der Waals surface area contributed by atoms with E-state index < -0.39 is 0 Å². The molecule has 0 saturated heterocycles. The van der Waals surface area contributed by atoms with E-state index in [0.717, 1.165) is 41.2 Å². The number of aromatic amines is 1. The van der Waals surface area contributed by atoms with Crippen LogP contribution in [0.3, 0.4) is 0 Å². The van der Waals surface area contributed by atoms with Crippen molar-refractivity contribution in [3.8, 4) is 11.5 Å². The van der Waals surface area contributed by atoms with Gasteiger partial charge in [0.1, 0.15) is 0 Å². The van der Waals surface area contributed by atoms with Gasteiger partial charge in [0.15, 0.2) is 11.5 Å². The van der Waals surface area contributed by atoms with Crippen LogP contribution in [-0.4, -0.2) is 29.4 Å². The molecule has 0 spiro atoms. The van der Waals surface area contributed by atoms with Gasteiger partial charge < -0.3 is 9.47 Å². The van der Waals surface area contributed by atoms with Crippen molar-refractivity contribution in [2.75, 3.05) is 14.2 Å². The Bertz CT molecular complexity index is 930. The van der Waals surface area contributed by atoms with E-state index in [4.69, 9.17) is 9.47 Å². The molecule has 1 aliphatic carbocycles. The predicted octanol–water partition coefficient (Wildman–Crippen LogP) is 3.51. The molecule has 0 aliphatic heterocycles. The topological polar surface area (TPSA) is 60.0 Å². The Balaban J connectivity index is 1.55. The highest BCUT2D eigenvalue weighted by Crippen LogP contribution is 2.32. The van der Waals surface area contributed by atoms with Crippen LogP contribution in [0.1, 0.15) is 27.9 Å². The first-order valence-corrected chi connectivity index (χ1v) is 8.15. The molecule has 25 heavy (non-hydrogen) atoms. The zero-order valence-electron chi connectivity index (χ0n) is 14.2. The molecule has 5 nitrogen and oxygen atoms in total. The number of hydrogen-bond donors (Lipinski definition) is 1. The van der Waals surface area contributed by atoms with Crippen molar-refractivity contribution in [3.05, 3.63) is 70.8 Å². The van der Waals surface area contributed by atoms with E-state index in [-0.39, 0.29) is 0 Å². The van der Waals surface area contributed by atoms with Crippen LogP contribution in [0.4, 0.5) is 0 Å². The lowest BCUT2D eigenvalue weighted by Crippen LogP contribution is -1.97. The highest BCUT2D eigenvalue weighted by molar-refractivity contribution is 5.87. The number of H-pyrrole nitrogens is 1. The molecule has 1 N–H and O–H groups in total. The van der Waals surface area contributed by atoms with Crippen LogP contribution in [0.2, 0.25) is 0 Å². The standard InChI is InChI=1S/C20H19N3O2/c1-24-19-4-3-13(6-20(19)25-2)5-18-9-15-7-14(8-16(15)10-21-18)17-11-22-23-12-17/h3-4,6,8-12H,5,7H2,1-2H3,(H,22,23). The average molecular weight is 333 g/mol. The third kappa shape index (κ3) is 3.01. The average Bonchev–Trinajstić information content (AvgIpc) is 3.30. The summed E-state index contributed by atoms with van der Waals surface area (Å²) in [5.41, 5.74) is 7.10. The summed E-state index contributed by atoms with van der Waals surface area (Å²) in [6, 6.07) is 8.17. The number of benzene rings is 1. The number of pyridine rings is 1. The molecule has 2 aromatic heterocycles. The Labute approximate surface area is 146 Å². The number of hydrogen-bond acceptors (Lipinski definition) is 4. The number of allylic oxidation sites excluding steroid dienone is 1. The van der Waals surface area contributed by atoms with Crippen molar-refractivity contribution in [1.82, 2.24) is 15.2 Å². The Morgan fingerprint density at radius 1 is 1.08 bits per heavy atom. The lowest BCUT2D eigenvalue weighted by Gasteiger charge is -2.10. The van der Waals surface area contributed by atoms with Gasteiger partial charge in [-0.15, -0.1) is 0 Å². The lowest BCUT2D eigenvalue weighted by molar-refractivity contribution is 0.354. The van der Waals surface area contributed by atoms with Gasteiger partial charge in [-0.2, -0.15) is 5.10 Å². The summed E-state index contributed by atoms with van der Waals surface area (Å²) in [4.78, 5) is 4.62. The summed E-state index contributed by atoms with van der Waals surface area (Å²) < 4.78 is 10.7. The molecule has 0 atom stereocenters. The van der Waals surface area contributed by atoms with Gasteiger partial charge in [0.05, 0.1) is 20.4 Å². The number of fused-ring (bicyclic) bond motifs is 1. The smallest absolute Gasteiger partial charge is 0.160 e. The second-order valence-corrected chi connectivity index (χ2v) is 6.07. The molecule has 0 fully saturated rings. The fraction of sp³-hybridized carbons (Fsp3) is 0.200. The van der Waals surface area contributed by atoms with Crippen molar-refractivity contribution in [3.63, 3.8) is 0 Å². The van der Waals surface area contributed by atoms with Crippen LogP contribution < -0.4 is 9.47 Å². The summed E-state index contributed by atoms with van der Waals surface area (Å²) >= 11 is 0. The van der Waals surface area contributed by atoms with Crippen molar-refractivity contribution >= 4 is 11.6 Å². The second-order valence-electron chi connectivity index (χ2n) is 6.07. The van der Waals surface area contributed by atoms with Gasteiger partial charge in [-0.1, -0.05) is 6.07 Å². The van der Waals surface area contributed by atoms with Gasteiger partial charge in [-0.3, -0.25) is 10.1 Å². The molecule has 3 aromatic rings. The normalized spacial score (nSPS) is 12.6. The summed E-state index contributed by atoms with van der Waals surface area (Å²) in [5.74, 6) is 1.48. The van der Waals surface area contributed by atoms with Crippen LogP contribution in [0.15, 0.2) is 42.9 Å². The van der Waals surface area contributed by atoms with E-state index in [1.807, 2.05) is 36.8 Å². The quantitative estimate of drug-likeness (QED) is 0.776. The number of aromatic nitrogens is 3. The van der Waals surface area contributed by atoms with Gasteiger partial charge >= 0.3 is 0 Å². The molecular weight excluding hydrogens is 314 g/mol. The molecule has 1 aliphatic rings. The number of nitrogens with zero attached hydrogens (tertiary/aromatic N) is 2. The minimum atomic E-state index is 0.738. The van der Waals surface area contributed by atoms with Crippen molar-refractivity contribution < 1.29 is 9.47 Å². The van der Waals surface area contributed by atoms with Crippen LogP contribution in [0.5, 0.6) is 11.5 Å². The van der Waals surface area contributed by atoms with Crippen molar-refractivity contribution in [1.29, 1.82) is 0 Å². The molecule has 126 valence electrons. The summed E-state index contributed by atoms with van der Waals surface area (Å²) in [7, 11) is 3.29. The molecule has 4 rings (SSSR count). The van der Waals surface area contributed by atoms with Gasteiger partial charge in [0.2, 0.25) is 0 Å². The first-order chi connectivity index (χ1) is 12.3. The maximum Gasteiger partial charge on any atom is 0.160 e. The molecule has 0 unspecified atom stereocenters. The first kappa shape index (κ1) is 15.4. The Morgan fingerprint density at radius 3 is 2.72 bits per heavy atom. The largest absolute Gasteiger partial charge is 0.493 e. The minimum absolute atomic E-state index is 0.738. The van der Waals surface area contributed by atoms with Crippen LogP contribution in [0, 0.1) is 0 Å². The monoisotopic (exact) mass is 333 g/mol. The summed E-state index contributed by atoms with van der Waals surface area (Å²) in [5, 5.41) is 6.90. The molecular formula is C20H19N3O2. The first-order valence-electron chi connectivity index (χ1n) is 8.15. The molecule has 0 bridgehead atoms. The Hall–Kier alpha value is -3.08.